The molecule has 0 bridgehead atoms. The third kappa shape index (κ3) is 4.45. The van der Waals surface area contributed by atoms with E-state index in [9.17, 15) is 9.18 Å². The van der Waals surface area contributed by atoms with Crippen molar-refractivity contribution in [2.75, 3.05) is 20.8 Å². The summed E-state index contributed by atoms with van der Waals surface area (Å²) < 4.78 is 23.9. The van der Waals surface area contributed by atoms with E-state index in [1.165, 1.54) is 24.1 Å². The second kappa shape index (κ2) is 9.07. The Kier molecular flexibility index (Phi) is 6.26. The van der Waals surface area contributed by atoms with E-state index in [1.54, 1.807) is 14.2 Å². The lowest BCUT2D eigenvalue weighted by molar-refractivity contribution is -0.136. The third-order valence-electron chi connectivity index (χ3n) is 6.53. The molecule has 2 aliphatic rings. The zero-order valence-electron chi connectivity index (χ0n) is 17.8. The fourth-order valence-corrected chi connectivity index (χ4v) is 4.72. The Balaban J connectivity index is 1.38. The number of carbonyl (C=O) groups excluding carboxylic acids is 1. The molecule has 1 saturated heterocycles. The van der Waals surface area contributed by atoms with Gasteiger partial charge in [-0.15, -0.1) is 0 Å². The van der Waals surface area contributed by atoms with Crippen LogP contribution < -0.4 is 9.47 Å². The molecule has 1 aliphatic heterocycles. The number of halogens is 1. The van der Waals surface area contributed by atoms with Gasteiger partial charge in [-0.2, -0.15) is 0 Å². The fraction of sp³-hybridized carbons (Fsp3) is 0.480. The number of carbonyl (C=O) groups is 1. The number of rotatable bonds is 7. The molecule has 0 aromatic heterocycles. The van der Waals surface area contributed by atoms with Crippen molar-refractivity contribution >= 4 is 5.91 Å². The van der Waals surface area contributed by atoms with Gasteiger partial charge in [-0.05, 0) is 79.8 Å². The van der Waals surface area contributed by atoms with Gasteiger partial charge in [0.1, 0.15) is 5.82 Å². The zero-order chi connectivity index (χ0) is 21.1. The lowest BCUT2D eigenvalue weighted by atomic mass is 9.95. The molecule has 2 fully saturated rings. The van der Waals surface area contributed by atoms with E-state index in [1.807, 2.05) is 24.3 Å². The first kappa shape index (κ1) is 20.7. The highest BCUT2D eigenvalue weighted by atomic mass is 19.1. The second-order valence-electron chi connectivity index (χ2n) is 8.41. The van der Waals surface area contributed by atoms with Gasteiger partial charge in [0.15, 0.2) is 11.5 Å². The third-order valence-corrected chi connectivity index (χ3v) is 6.53. The van der Waals surface area contributed by atoms with Gasteiger partial charge in [0.25, 0.3) is 0 Å². The van der Waals surface area contributed by atoms with Crippen molar-refractivity contribution in [3.8, 4) is 11.5 Å². The van der Waals surface area contributed by atoms with Gasteiger partial charge in [-0.25, -0.2) is 4.39 Å². The minimum Gasteiger partial charge on any atom is -0.493 e. The predicted octanol–water partition coefficient (Wildman–Crippen LogP) is 4.96. The van der Waals surface area contributed by atoms with Gasteiger partial charge < -0.3 is 14.4 Å². The molecule has 2 aromatic carbocycles. The first-order chi connectivity index (χ1) is 14.6. The largest absolute Gasteiger partial charge is 0.493 e. The van der Waals surface area contributed by atoms with Gasteiger partial charge in [-0.3, -0.25) is 4.79 Å². The Bertz CT molecular complexity index is 882. The zero-order valence-corrected chi connectivity index (χ0v) is 17.8. The van der Waals surface area contributed by atoms with Crippen molar-refractivity contribution < 1.29 is 18.7 Å². The predicted molar refractivity (Wildman–Crippen MR) is 114 cm³/mol. The fourth-order valence-electron chi connectivity index (χ4n) is 4.72. The van der Waals surface area contributed by atoms with Crippen LogP contribution in [0, 0.1) is 11.7 Å². The van der Waals surface area contributed by atoms with Gasteiger partial charge in [0.05, 0.1) is 14.2 Å². The molecular formula is C25H30FNO3. The molecule has 1 saturated carbocycles. The molecule has 3 atom stereocenters. The van der Waals surface area contributed by atoms with Crippen molar-refractivity contribution in [2.24, 2.45) is 5.92 Å². The summed E-state index contributed by atoms with van der Waals surface area (Å²) >= 11 is 0. The Morgan fingerprint density at radius 3 is 2.57 bits per heavy atom. The lowest BCUT2D eigenvalue weighted by Crippen LogP contribution is -2.44. The number of hydrogen-bond acceptors (Lipinski definition) is 3. The molecule has 1 amide bonds. The average molecular weight is 412 g/mol. The summed E-state index contributed by atoms with van der Waals surface area (Å²) in [5, 5.41) is 0. The average Bonchev–Trinajstić information content (AvgIpc) is 3.58. The van der Waals surface area contributed by atoms with Crippen LogP contribution in [0.2, 0.25) is 0 Å². The van der Waals surface area contributed by atoms with Crippen LogP contribution in [0.15, 0.2) is 42.5 Å². The standard InChI is InChI=1S/C25H30FNO3/c1-29-23-13-7-17(15-24(23)30-2)6-12-20-5-3-4-14-27(20)25(28)22-16-21(22)18-8-10-19(26)11-9-18/h7-11,13,15,20-22H,3-6,12,14,16H2,1-2H3/t20-,21-,22+/m0/s1. The number of aryl methyl sites for hydroxylation is 1. The van der Waals surface area contributed by atoms with Gasteiger partial charge >= 0.3 is 0 Å². The molecule has 4 nitrogen and oxygen atoms in total. The van der Waals surface area contributed by atoms with E-state index >= 15 is 0 Å². The topological polar surface area (TPSA) is 38.8 Å². The van der Waals surface area contributed by atoms with Crippen molar-refractivity contribution in [3.05, 3.63) is 59.4 Å². The maximum absolute atomic E-state index is 13.2. The number of nitrogens with zero attached hydrogens (tertiary/aromatic N) is 1. The Morgan fingerprint density at radius 1 is 1.07 bits per heavy atom. The van der Waals surface area contributed by atoms with Crippen molar-refractivity contribution in [1.82, 2.24) is 4.90 Å². The molecule has 30 heavy (non-hydrogen) atoms. The van der Waals surface area contributed by atoms with Crippen LogP contribution in [-0.2, 0) is 11.2 Å². The molecule has 1 aliphatic carbocycles. The van der Waals surface area contributed by atoms with Crippen molar-refractivity contribution in [3.63, 3.8) is 0 Å². The van der Waals surface area contributed by atoms with Crippen LogP contribution in [-0.4, -0.2) is 37.6 Å². The smallest absolute Gasteiger partial charge is 0.226 e. The first-order valence-corrected chi connectivity index (χ1v) is 10.9. The van der Waals surface area contributed by atoms with Crippen molar-refractivity contribution in [2.45, 2.75) is 50.5 Å². The highest BCUT2D eigenvalue weighted by Gasteiger charge is 2.47. The normalized spacial score (nSPS) is 23.2. The van der Waals surface area contributed by atoms with E-state index in [-0.39, 0.29) is 29.6 Å². The summed E-state index contributed by atoms with van der Waals surface area (Å²) in [4.78, 5) is 15.4. The highest BCUT2D eigenvalue weighted by Crippen LogP contribution is 2.49. The Hall–Kier alpha value is -2.56. The number of methoxy groups -OCH3 is 2. The van der Waals surface area contributed by atoms with E-state index in [0.29, 0.717) is 0 Å². The van der Waals surface area contributed by atoms with Gasteiger partial charge in [-0.1, -0.05) is 18.2 Å². The number of amides is 1. The molecule has 1 heterocycles. The van der Waals surface area contributed by atoms with Crippen LogP contribution in [0.5, 0.6) is 11.5 Å². The Morgan fingerprint density at radius 2 is 1.83 bits per heavy atom. The molecule has 0 radical (unpaired) electrons. The van der Waals surface area contributed by atoms with E-state index in [4.69, 9.17) is 9.47 Å². The molecule has 0 unspecified atom stereocenters. The summed E-state index contributed by atoms with van der Waals surface area (Å²) in [6, 6.07) is 12.9. The number of benzene rings is 2. The molecule has 0 spiro atoms. The molecule has 5 heteroatoms. The molecule has 2 aromatic rings. The summed E-state index contributed by atoms with van der Waals surface area (Å²) in [6.45, 7) is 0.849. The number of piperidine rings is 1. The first-order valence-electron chi connectivity index (χ1n) is 10.9. The maximum Gasteiger partial charge on any atom is 0.226 e. The van der Waals surface area contributed by atoms with Crippen LogP contribution in [0.4, 0.5) is 4.39 Å². The molecule has 0 N–H and O–H groups in total. The SMILES string of the molecule is COc1ccc(CC[C@@H]2CCCCN2C(=O)[C@@H]2C[C@H]2c2ccc(F)cc2)cc1OC. The van der Waals surface area contributed by atoms with Crippen LogP contribution in [0.25, 0.3) is 0 Å². The van der Waals surface area contributed by atoms with Gasteiger partial charge in [0, 0.05) is 18.5 Å². The Labute approximate surface area is 178 Å². The van der Waals surface area contributed by atoms with Crippen molar-refractivity contribution in [1.29, 1.82) is 0 Å². The molecule has 160 valence electrons. The highest BCUT2D eigenvalue weighted by molar-refractivity contribution is 5.83. The lowest BCUT2D eigenvalue weighted by Gasteiger charge is -2.36. The maximum atomic E-state index is 13.2. The minimum absolute atomic E-state index is 0.0529. The van der Waals surface area contributed by atoms with E-state index in [2.05, 4.69) is 11.0 Å². The molecule has 4 rings (SSSR count). The number of ether oxygens (including phenoxy) is 2. The summed E-state index contributed by atoms with van der Waals surface area (Å²) in [7, 11) is 3.29. The second-order valence-corrected chi connectivity index (χ2v) is 8.41. The summed E-state index contributed by atoms with van der Waals surface area (Å²) in [5.74, 6) is 1.82. The quantitative estimate of drug-likeness (QED) is 0.646. The number of likely N-dealkylation sites (tertiary alicyclic amines) is 1. The van der Waals surface area contributed by atoms with Crippen LogP contribution in [0.3, 0.4) is 0 Å². The van der Waals surface area contributed by atoms with E-state index < -0.39 is 0 Å². The van der Waals surface area contributed by atoms with Crippen LogP contribution in [0.1, 0.15) is 49.1 Å². The van der Waals surface area contributed by atoms with E-state index in [0.717, 1.165) is 55.7 Å². The molecular weight excluding hydrogens is 381 g/mol. The summed E-state index contributed by atoms with van der Waals surface area (Å²) in [5.41, 5.74) is 2.27. The van der Waals surface area contributed by atoms with Gasteiger partial charge in [0.2, 0.25) is 5.91 Å². The summed E-state index contributed by atoms with van der Waals surface area (Å²) in [6.07, 6.45) is 6.05. The van der Waals surface area contributed by atoms with Crippen LogP contribution >= 0.6 is 0 Å². The number of hydrogen-bond donors (Lipinski definition) is 0. The minimum atomic E-state index is -0.228. The monoisotopic (exact) mass is 411 g/mol.